The molecule has 152 valence electrons. The number of benzene rings is 1. The van der Waals surface area contributed by atoms with Crippen LogP contribution in [0.25, 0.3) is 5.69 Å². The van der Waals surface area contributed by atoms with Crippen LogP contribution >= 0.6 is 0 Å². The van der Waals surface area contributed by atoms with E-state index >= 15 is 0 Å². The summed E-state index contributed by atoms with van der Waals surface area (Å²) >= 11 is 0. The topological polar surface area (TPSA) is 77.3 Å². The summed E-state index contributed by atoms with van der Waals surface area (Å²) in [6.45, 7) is 3.60. The van der Waals surface area contributed by atoms with Crippen LogP contribution in [0.5, 0.6) is 11.5 Å². The third-order valence-electron chi connectivity index (χ3n) is 4.92. The van der Waals surface area contributed by atoms with Gasteiger partial charge in [-0.1, -0.05) is 0 Å². The number of nitrogens with zero attached hydrogens (tertiary/aromatic N) is 5. The van der Waals surface area contributed by atoms with Crippen molar-refractivity contribution in [2.24, 2.45) is 0 Å². The van der Waals surface area contributed by atoms with Gasteiger partial charge in [0.1, 0.15) is 5.75 Å². The van der Waals surface area contributed by atoms with Crippen molar-refractivity contribution in [3.8, 4) is 17.2 Å². The van der Waals surface area contributed by atoms with Crippen molar-refractivity contribution in [2.45, 2.75) is 26.2 Å². The van der Waals surface area contributed by atoms with Gasteiger partial charge in [-0.25, -0.2) is 9.97 Å². The molecule has 0 saturated heterocycles. The zero-order valence-corrected chi connectivity index (χ0v) is 17.1. The van der Waals surface area contributed by atoms with E-state index in [1.807, 2.05) is 42.9 Å². The number of ether oxygens (including phenoxy) is 2. The molecule has 0 atom stereocenters. The van der Waals surface area contributed by atoms with Gasteiger partial charge < -0.3 is 24.3 Å². The number of anilines is 3. The van der Waals surface area contributed by atoms with Gasteiger partial charge in [-0.05, 0) is 38.3 Å². The van der Waals surface area contributed by atoms with E-state index in [2.05, 4.69) is 20.2 Å². The lowest BCUT2D eigenvalue weighted by Crippen LogP contribution is -2.20. The van der Waals surface area contributed by atoms with Crippen molar-refractivity contribution in [1.82, 2.24) is 19.5 Å². The maximum atomic E-state index is 5.86. The third-order valence-corrected chi connectivity index (χ3v) is 4.92. The van der Waals surface area contributed by atoms with Gasteiger partial charge in [-0.3, -0.25) is 0 Å². The lowest BCUT2D eigenvalue weighted by molar-refractivity contribution is 0.307. The van der Waals surface area contributed by atoms with E-state index in [4.69, 9.17) is 14.5 Å². The van der Waals surface area contributed by atoms with Crippen LogP contribution in [-0.4, -0.2) is 46.8 Å². The van der Waals surface area contributed by atoms with Crippen LogP contribution in [0.3, 0.4) is 0 Å². The van der Waals surface area contributed by atoms with Crippen molar-refractivity contribution in [2.75, 3.05) is 37.5 Å². The molecule has 1 aliphatic rings. The summed E-state index contributed by atoms with van der Waals surface area (Å²) in [6.07, 6.45) is 8.80. The number of rotatable bonds is 4. The third kappa shape index (κ3) is 4.26. The predicted octanol–water partition coefficient (Wildman–Crippen LogP) is 3.72. The number of methoxy groups -OCH3 is 1. The van der Waals surface area contributed by atoms with Crippen LogP contribution in [0.15, 0.2) is 36.9 Å². The molecular weight excluding hydrogens is 368 g/mol. The van der Waals surface area contributed by atoms with Gasteiger partial charge in [0, 0.05) is 31.5 Å². The Morgan fingerprint density at radius 1 is 1.17 bits per heavy atom. The first kappa shape index (κ1) is 19.0. The molecule has 0 fully saturated rings. The first-order valence-corrected chi connectivity index (χ1v) is 9.81. The Labute approximate surface area is 170 Å². The van der Waals surface area contributed by atoms with Crippen LogP contribution in [0.4, 0.5) is 17.5 Å². The van der Waals surface area contributed by atoms with Gasteiger partial charge in [0.05, 0.1) is 37.6 Å². The Balaban J connectivity index is 1.60. The highest BCUT2D eigenvalue weighted by Gasteiger charge is 2.15. The summed E-state index contributed by atoms with van der Waals surface area (Å²) in [7, 11) is 3.69. The number of nitrogens with one attached hydrogen (secondary N) is 1. The van der Waals surface area contributed by atoms with Crippen molar-refractivity contribution < 1.29 is 9.47 Å². The zero-order chi connectivity index (χ0) is 20.2. The summed E-state index contributed by atoms with van der Waals surface area (Å²) in [4.78, 5) is 15.5. The first-order valence-electron chi connectivity index (χ1n) is 9.81. The van der Waals surface area contributed by atoms with Crippen LogP contribution in [0, 0.1) is 6.92 Å². The highest BCUT2D eigenvalue weighted by molar-refractivity contribution is 5.63. The lowest BCUT2D eigenvalue weighted by Gasteiger charge is -2.20. The average Bonchev–Trinajstić information content (AvgIpc) is 3.19. The molecule has 0 saturated carbocycles. The molecule has 3 heterocycles. The van der Waals surface area contributed by atoms with Crippen molar-refractivity contribution >= 4 is 17.5 Å². The second-order valence-electron chi connectivity index (χ2n) is 7.15. The summed E-state index contributed by atoms with van der Waals surface area (Å²) in [5.41, 5.74) is 2.71. The molecule has 0 spiro atoms. The molecule has 8 nitrogen and oxygen atoms in total. The Bertz CT molecular complexity index is 987. The van der Waals surface area contributed by atoms with Crippen molar-refractivity contribution in [1.29, 1.82) is 0 Å². The number of hydrogen-bond acceptors (Lipinski definition) is 7. The molecular formula is C21H26N6O2. The van der Waals surface area contributed by atoms with E-state index in [0.717, 1.165) is 60.2 Å². The van der Waals surface area contributed by atoms with Gasteiger partial charge >= 0.3 is 0 Å². The van der Waals surface area contributed by atoms with Gasteiger partial charge in [0.2, 0.25) is 5.95 Å². The maximum Gasteiger partial charge on any atom is 0.229 e. The molecule has 0 radical (unpaired) electrons. The fraction of sp³-hybridized carbons (Fsp3) is 0.381. The Morgan fingerprint density at radius 2 is 2.07 bits per heavy atom. The standard InChI is InChI=1S/C21H26N6O2/c1-15-13-27(14-23-15)17-8-7-16(11-18(17)28-3)24-21-22-12-19-20(25-21)26(2)9-5-4-6-10-29-19/h7-8,11-14H,4-6,9-10H2,1-3H3,(H,22,24,25). The molecule has 4 rings (SSSR count). The Kier molecular flexibility index (Phi) is 5.50. The largest absolute Gasteiger partial charge is 0.494 e. The molecule has 0 bridgehead atoms. The molecule has 3 aromatic rings. The van der Waals surface area contributed by atoms with E-state index in [-0.39, 0.29) is 0 Å². The molecule has 1 aliphatic heterocycles. The fourth-order valence-electron chi connectivity index (χ4n) is 3.36. The van der Waals surface area contributed by atoms with E-state index in [1.54, 1.807) is 19.6 Å². The highest BCUT2D eigenvalue weighted by Crippen LogP contribution is 2.30. The summed E-state index contributed by atoms with van der Waals surface area (Å²) in [5.74, 6) is 2.78. The van der Waals surface area contributed by atoms with Gasteiger partial charge in [-0.2, -0.15) is 4.98 Å². The number of aromatic nitrogens is 4. The minimum Gasteiger partial charge on any atom is -0.494 e. The Morgan fingerprint density at radius 3 is 2.86 bits per heavy atom. The minimum absolute atomic E-state index is 0.520. The molecule has 2 aromatic heterocycles. The van der Waals surface area contributed by atoms with Gasteiger partial charge in [0.25, 0.3) is 0 Å². The molecule has 0 amide bonds. The van der Waals surface area contributed by atoms with Crippen molar-refractivity contribution in [3.05, 3.63) is 42.6 Å². The summed E-state index contributed by atoms with van der Waals surface area (Å²) in [6, 6.07) is 5.88. The molecule has 0 unspecified atom stereocenters. The first-order chi connectivity index (χ1) is 14.1. The quantitative estimate of drug-likeness (QED) is 0.722. The van der Waals surface area contributed by atoms with Crippen LogP contribution in [0.1, 0.15) is 25.0 Å². The van der Waals surface area contributed by atoms with Crippen LogP contribution < -0.4 is 19.7 Å². The minimum atomic E-state index is 0.520. The number of aryl methyl sites for hydroxylation is 1. The van der Waals surface area contributed by atoms with E-state index < -0.39 is 0 Å². The maximum absolute atomic E-state index is 5.86. The molecule has 8 heteroatoms. The summed E-state index contributed by atoms with van der Waals surface area (Å²) in [5, 5.41) is 3.28. The number of hydrogen-bond donors (Lipinski definition) is 1. The average molecular weight is 394 g/mol. The van der Waals surface area contributed by atoms with Crippen LogP contribution in [0.2, 0.25) is 0 Å². The van der Waals surface area contributed by atoms with E-state index in [9.17, 15) is 0 Å². The van der Waals surface area contributed by atoms with Crippen molar-refractivity contribution in [3.63, 3.8) is 0 Å². The normalized spacial score (nSPS) is 14.2. The smallest absolute Gasteiger partial charge is 0.229 e. The van der Waals surface area contributed by atoms with Gasteiger partial charge in [-0.15, -0.1) is 0 Å². The SMILES string of the molecule is COc1cc(Nc2ncc3c(n2)N(C)CCCCCO3)ccc1-n1cnc(C)c1. The van der Waals surface area contributed by atoms with Crippen LogP contribution in [-0.2, 0) is 0 Å². The monoisotopic (exact) mass is 394 g/mol. The highest BCUT2D eigenvalue weighted by atomic mass is 16.5. The summed E-state index contributed by atoms with van der Waals surface area (Å²) < 4.78 is 13.4. The second kappa shape index (κ2) is 8.38. The predicted molar refractivity (Wildman–Crippen MR) is 113 cm³/mol. The fourth-order valence-corrected chi connectivity index (χ4v) is 3.36. The molecule has 1 aromatic carbocycles. The number of imidazole rings is 1. The molecule has 29 heavy (non-hydrogen) atoms. The molecule has 0 aliphatic carbocycles. The number of fused-ring (bicyclic) bond motifs is 1. The lowest BCUT2D eigenvalue weighted by atomic mass is 10.2. The van der Waals surface area contributed by atoms with E-state index in [1.165, 1.54) is 0 Å². The van der Waals surface area contributed by atoms with E-state index in [0.29, 0.717) is 12.6 Å². The Hall–Kier alpha value is -3.29. The van der Waals surface area contributed by atoms with Gasteiger partial charge in [0.15, 0.2) is 11.6 Å². The zero-order valence-electron chi connectivity index (χ0n) is 17.1. The molecule has 1 N–H and O–H groups in total. The second-order valence-corrected chi connectivity index (χ2v) is 7.15.